The van der Waals surface area contributed by atoms with Gasteiger partial charge in [-0.1, -0.05) is 48.8 Å². The Balaban J connectivity index is 0.00000289. The molecule has 2 N–H and O–H groups in total. The molecule has 0 unspecified atom stereocenters. The maximum Gasteiger partial charge on any atom is 0.337 e. The van der Waals surface area contributed by atoms with E-state index < -0.39 is 5.97 Å². The molecule has 35 heavy (non-hydrogen) atoms. The summed E-state index contributed by atoms with van der Waals surface area (Å²) in [5.74, 6) is -1.21. The minimum absolute atomic E-state index is 0. The third-order valence-corrected chi connectivity index (χ3v) is 5.90. The highest BCUT2D eigenvalue weighted by Gasteiger charge is 2.23. The van der Waals surface area contributed by atoms with Gasteiger partial charge in [-0.05, 0) is 42.5 Å². The quantitative estimate of drug-likeness (QED) is 0.309. The predicted molar refractivity (Wildman–Crippen MR) is 137 cm³/mol. The van der Waals surface area contributed by atoms with E-state index in [-0.39, 0.29) is 36.3 Å². The third kappa shape index (κ3) is 4.73. The molecular formula is C26H19Cl2FN4O2. The summed E-state index contributed by atoms with van der Waals surface area (Å²) in [4.78, 5) is 24.9. The van der Waals surface area contributed by atoms with Crippen LogP contribution in [0.25, 0.3) is 11.3 Å². The predicted octanol–water partition coefficient (Wildman–Crippen LogP) is 7.02. The zero-order chi connectivity index (χ0) is 23.8. The van der Waals surface area contributed by atoms with Crippen LogP contribution in [0, 0.1) is 5.82 Å². The molecule has 0 bridgehead atoms. The van der Waals surface area contributed by atoms with Gasteiger partial charge < -0.3 is 10.4 Å². The standard InChI is InChI=1S/C25H15Cl2FN4O2.CH4/c26-14-5-7-16-19(9-14)23(18-3-1-2-4-21(18)28)29-11-13-12-30-25(32-22(13)16)31-15-6-8-17(24(33)34)20(27)10-15;/h1-10,12H,11H2,(H,33,34)(H,30,31,32);1H4. The van der Waals surface area contributed by atoms with Crippen molar-refractivity contribution in [2.24, 2.45) is 4.99 Å². The molecule has 0 amide bonds. The van der Waals surface area contributed by atoms with Gasteiger partial charge in [0.25, 0.3) is 0 Å². The summed E-state index contributed by atoms with van der Waals surface area (Å²) in [6.07, 6.45) is 1.66. The molecule has 0 spiro atoms. The zero-order valence-corrected chi connectivity index (χ0v) is 18.9. The topological polar surface area (TPSA) is 87.5 Å². The van der Waals surface area contributed by atoms with Gasteiger partial charge in [0.05, 0.1) is 28.5 Å². The van der Waals surface area contributed by atoms with Crippen LogP contribution >= 0.6 is 23.2 Å². The van der Waals surface area contributed by atoms with Crippen LogP contribution in [0.2, 0.25) is 10.0 Å². The first-order chi connectivity index (χ1) is 16.4. The zero-order valence-electron chi connectivity index (χ0n) is 17.4. The normalized spacial score (nSPS) is 11.9. The van der Waals surface area contributed by atoms with Crippen LogP contribution in [0.5, 0.6) is 0 Å². The fourth-order valence-corrected chi connectivity index (χ4v) is 4.20. The van der Waals surface area contributed by atoms with Crippen molar-refractivity contribution in [3.8, 4) is 11.3 Å². The van der Waals surface area contributed by atoms with E-state index >= 15 is 0 Å². The second kappa shape index (κ2) is 9.82. The van der Waals surface area contributed by atoms with Crippen LogP contribution in [-0.2, 0) is 6.54 Å². The molecule has 0 saturated carbocycles. The highest BCUT2D eigenvalue weighted by Crippen LogP contribution is 2.34. The summed E-state index contributed by atoms with van der Waals surface area (Å²) < 4.78 is 14.6. The van der Waals surface area contributed by atoms with Gasteiger partial charge >= 0.3 is 5.97 Å². The first-order valence-electron chi connectivity index (χ1n) is 10.2. The Bertz CT molecular complexity index is 1490. The molecule has 9 heteroatoms. The molecule has 176 valence electrons. The number of carboxylic acids is 1. The van der Waals surface area contributed by atoms with E-state index in [2.05, 4.69) is 20.3 Å². The van der Waals surface area contributed by atoms with Crippen LogP contribution in [0.1, 0.15) is 34.5 Å². The Morgan fingerprint density at radius 2 is 1.80 bits per heavy atom. The van der Waals surface area contributed by atoms with Crippen molar-refractivity contribution in [3.63, 3.8) is 0 Å². The van der Waals surface area contributed by atoms with Gasteiger partial charge in [0, 0.05) is 39.2 Å². The van der Waals surface area contributed by atoms with Gasteiger partial charge in [-0.3, -0.25) is 4.99 Å². The second-order valence-electron chi connectivity index (χ2n) is 7.53. The molecule has 6 nitrogen and oxygen atoms in total. The Morgan fingerprint density at radius 3 is 2.54 bits per heavy atom. The number of aliphatic imine (C=N–C) groups is 1. The molecule has 3 aromatic carbocycles. The monoisotopic (exact) mass is 508 g/mol. The van der Waals surface area contributed by atoms with Gasteiger partial charge in [-0.25, -0.2) is 19.2 Å². The van der Waals surface area contributed by atoms with Crippen molar-refractivity contribution in [2.45, 2.75) is 14.0 Å². The number of hydrogen-bond donors (Lipinski definition) is 2. The van der Waals surface area contributed by atoms with E-state index in [1.54, 1.807) is 42.6 Å². The Kier molecular flexibility index (Phi) is 6.82. The average molecular weight is 509 g/mol. The van der Waals surface area contributed by atoms with Crippen molar-refractivity contribution in [1.29, 1.82) is 0 Å². The van der Waals surface area contributed by atoms with Crippen molar-refractivity contribution >= 4 is 46.5 Å². The summed E-state index contributed by atoms with van der Waals surface area (Å²) in [7, 11) is 0. The van der Waals surface area contributed by atoms with Gasteiger partial charge in [-0.2, -0.15) is 0 Å². The number of hydrogen-bond acceptors (Lipinski definition) is 5. The van der Waals surface area contributed by atoms with Crippen molar-refractivity contribution in [3.05, 3.63) is 105 Å². The Hall–Kier alpha value is -3.81. The van der Waals surface area contributed by atoms with Crippen molar-refractivity contribution < 1.29 is 14.3 Å². The number of carboxylic acid groups (broad SMARTS) is 1. The number of aromatic carboxylic acids is 1. The van der Waals surface area contributed by atoms with Gasteiger partial charge in [0.1, 0.15) is 5.82 Å². The molecule has 0 radical (unpaired) electrons. The molecule has 1 aromatic heterocycles. The van der Waals surface area contributed by atoms with Gasteiger partial charge in [0.2, 0.25) is 5.95 Å². The smallest absolute Gasteiger partial charge is 0.337 e. The fraction of sp³-hybridized carbons (Fsp3) is 0.0769. The lowest BCUT2D eigenvalue weighted by molar-refractivity contribution is 0.0697. The number of halogens is 3. The lowest BCUT2D eigenvalue weighted by Crippen LogP contribution is -2.07. The summed E-state index contributed by atoms with van der Waals surface area (Å²) in [6.45, 7) is 0.255. The largest absolute Gasteiger partial charge is 0.478 e. The molecule has 1 aliphatic rings. The number of fused-ring (bicyclic) bond motifs is 3. The van der Waals surface area contributed by atoms with Gasteiger partial charge in [-0.15, -0.1) is 0 Å². The SMILES string of the molecule is C.O=C(O)c1ccc(Nc2ncc3c(n2)-c2ccc(Cl)cc2C(c2ccccc2F)=NC3)cc1Cl. The van der Waals surface area contributed by atoms with Crippen LogP contribution < -0.4 is 5.32 Å². The number of carbonyl (C=O) groups is 1. The van der Waals surface area contributed by atoms with E-state index in [0.717, 1.165) is 11.1 Å². The first kappa shape index (κ1) is 24.3. The average Bonchev–Trinajstić information content (AvgIpc) is 2.96. The minimum atomic E-state index is -1.11. The molecule has 2 heterocycles. The second-order valence-corrected chi connectivity index (χ2v) is 8.37. The molecule has 0 saturated heterocycles. The summed E-state index contributed by atoms with van der Waals surface area (Å²) in [5.41, 5.74) is 4.19. The Labute approximate surface area is 211 Å². The number of nitrogens with one attached hydrogen (secondary N) is 1. The highest BCUT2D eigenvalue weighted by atomic mass is 35.5. The molecule has 0 aliphatic carbocycles. The highest BCUT2D eigenvalue weighted by molar-refractivity contribution is 6.33. The van der Waals surface area contributed by atoms with E-state index in [1.807, 2.05) is 6.07 Å². The lowest BCUT2D eigenvalue weighted by Gasteiger charge is -2.13. The molecular weight excluding hydrogens is 490 g/mol. The van der Waals surface area contributed by atoms with E-state index in [0.29, 0.717) is 33.2 Å². The summed E-state index contributed by atoms with van der Waals surface area (Å²) >= 11 is 12.4. The van der Waals surface area contributed by atoms with Crippen LogP contribution in [0.3, 0.4) is 0 Å². The third-order valence-electron chi connectivity index (χ3n) is 5.35. The molecule has 4 aromatic rings. The number of aromatic nitrogens is 2. The molecule has 1 aliphatic heterocycles. The number of anilines is 2. The molecule has 0 atom stereocenters. The van der Waals surface area contributed by atoms with E-state index in [9.17, 15) is 9.18 Å². The van der Waals surface area contributed by atoms with E-state index in [1.165, 1.54) is 18.2 Å². The number of rotatable bonds is 4. The van der Waals surface area contributed by atoms with Crippen LogP contribution in [-0.4, -0.2) is 26.8 Å². The first-order valence-corrected chi connectivity index (χ1v) is 10.9. The van der Waals surface area contributed by atoms with E-state index in [4.69, 9.17) is 28.3 Å². The van der Waals surface area contributed by atoms with Crippen molar-refractivity contribution in [2.75, 3.05) is 5.32 Å². The maximum absolute atomic E-state index is 14.6. The van der Waals surface area contributed by atoms with Crippen molar-refractivity contribution in [1.82, 2.24) is 9.97 Å². The minimum Gasteiger partial charge on any atom is -0.478 e. The lowest BCUT2D eigenvalue weighted by atomic mass is 9.95. The van der Waals surface area contributed by atoms with Crippen LogP contribution in [0.15, 0.2) is 71.9 Å². The molecule has 5 rings (SSSR count). The Morgan fingerprint density at radius 1 is 1.00 bits per heavy atom. The van der Waals surface area contributed by atoms with Crippen LogP contribution in [0.4, 0.5) is 16.0 Å². The number of benzene rings is 3. The number of nitrogens with zero attached hydrogens (tertiary/aromatic N) is 3. The molecule has 0 fully saturated rings. The summed E-state index contributed by atoms with van der Waals surface area (Å²) in [6, 6.07) is 16.3. The fourth-order valence-electron chi connectivity index (χ4n) is 3.76. The van der Waals surface area contributed by atoms with Gasteiger partial charge in [0.15, 0.2) is 0 Å². The summed E-state index contributed by atoms with van der Waals surface area (Å²) in [5, 5.41) is 12.8. The maximum atomic E-state index is 14.6.